The van der Waals surface area contributed by atoms with Crippen LogP contribution in [0.25, 0.3) is 0 Å². The number of ketones is 1. The zero-order valence-corrected chi connectivity index (χ0v) is 16.2. The Morgan fingerprint density at radius 2 is 1.71 bits per heavy atom. The van der Waals surface area contributed by atoms with E-state index in [1.807, 2.05) is 4.90 Å². The third-order valence-corrected chi connectivity index (χ3v) is 4.89. The number of piperazine rings is 1. The van der Waals surface area contributed by atoms with Crippen LogP contribution in [0, 0.1) is 5.82 Å². The van der Waals surface area contributed by atoms with Gasteiger partial charge in [-0.05, 0) is 31.2 Å². The number of amides is 1. The van der Waals surface area contributed by atoms with Gasteiger partial charge < -0.3 is 19.3 Å². The van der Waals surface area contributed by atoms with Crippen molar-refractivity contribution in [3.05, 3.63) is 53.3 Å². The lowest BCUT2D eigenvalue weighted by Crippen LogP contribution is -2.49. The maximum absolute atomic E-state index is 14.1. The largest absolute Gasteiger partial charge is 0.497 e. The number of Topliss-reactive ketones (excluding diaryl/α,β-unsaturated/α-hetero) is 1. The van der Waals surface area contributed by atoms with Gasteiger partial charge in [0.15, 0.2) is 5.78 Å². The van der Waals surface area contributed by atoms with Gasteiger partial charge in [0, 0.05) is 32.2 Å². The number of halogens is 1. The molecule has 3 rings (SSSR count). The van der Waals surface area contributed by atoms with E-state index in [4.69, 9.17) is 9.47 Å². The number of ether oxygens (including phenoxy) is 2. The van der Waals surface area contributed by atoms with E-state index in [0.29, 0.717) is 48.9 Å². The molecule has 1 saturated heterocycles. The van der Waals surface area contributed by atoms with Crippen molar-refractivity contribution < 1.29 is 23.5 Å². The number of carbonyl (C=O) groups is 2. The van der Waals surface area contributed by atoms with Crippen LogP contribution in [0.4, 0.5) is 10.1 Å². The summed E-state index contributed by atoms with van der Waals surface area (Å²) < 4.78 is 24.6. The summed E-state index contributed by atoms with van der Waals surface area (Å²) in [5, 5.41) is 0. The molecule has 1 fully saturated rings. The molecule has 0 N–H and O–H groups in total. The van der Waals surface area contributed by atoms with Crippen molar-refractivity contribution in [1.82, 2.24) is 4.90 Å². The molecule has 0 aliphatic carbocycles. The third kappa shape index (κ3) is 3.78. The minimum absolute atomic E-state index is 0.0964. The lowest BCUT2D eigenvalue weighted by Gasteiger charge is -2.37. The minimum atomic E-state index is -0.522. The van der Waals surface area contributed by atoms with Crippen LogP contribution in [0.2, 0.25) is 0 Å². The zero-order chi connectivity index (χ0) is 20.3. The highest BCUT2D eigenvalue weighted by atomic mass is 19.1. The standard InChI is InChI=1S/C21H23FN2O4/c1-14(25)20-17(22)5-4-6-18(20)23-9-11-24(12-10-23)21(26)16-8-7-15(27-2)13-19(16)28-3/h4-8,13H,9-12H2,1-3H3. The highest BCUT2D eigenvalue weighted by Gasteiger charge is 2.26. The van der Waals surface area contributed by atoms with Crippen LogP contribution in [-0.2, 0) is 0 Å². The first-order valence-electron chi connectivity index (χ1n) is 9.02. The first-order chi connectivity index (χ1) is 13.5. The van der Waals surface area contributed by atoms with Crippen molar-refractivity contribution in [3.8, 4) is 11.5 Å². The predicted octanol–water partition coefficient (Wildman–Crippen LogP) is 3.01. The molecule has 1 amide bonds. The number of anilines is 1. The molecular weight excluding hydrogens is 363 g/mol. The number of hydrogen-bond acceptors (Lipinski definition) is 5. The molecule has 0 bridgehead atoms. The lowest BCUT2D eigenvalue weighted by molar-refractivity contribution is 0.0742. The van der Waals surface area contributed by atoms with Crippen molar-refractivity contribution in [2.45, 2.75) is 6.92 Å². The van der Waals surface area contributed by atoms with Gasteiger partial charge in [0.05, 0.1) is 31.0 Å². The molecule has 1 aliphatic heterocycles. The Balaban J connectivity index is 1.75. The number of hydrogen-bond donors (Lipinski definition) is 0. The quantitative estimate of drug-likeness (QED) is 0.740. The highest BCUT2D eigenvalue weighted by molar-refractivity contribution is 6.00. The Kier molecular flexibility index (Phi) is 5.82. The summed E-state index contributed by atoms with van der Waals surface area (Å²) in [6.45, 7) is 3.29. The number of rotatable bonds is 5. The SMILES string of the molecule is COc1ccc(C(=O)N2CCN(c3cccc(F)c3C(C)=O)CC2)c(OC)c1. The van der Waals surface area contributed by atoms with Crippen molar-refractivity contribution in [1.29, 1.82) is 0 Å². The van der Waals surface area contributed by atoms with Crippen LogP contribution in [0.3, 0.4) is 0 Å². The Hall–Kier alpha value is -3.09. The van der Waals surface area contributed by atoms with Crippen molar-refractivity contribution in [2.75, 3.05) is 45.3 Å². The van der Waals surface area contributed by atoms with Gasteiger partial charge in [-0.15, -0.1) is 0 Å². The van der Waals surface area contributed by atoms with E-state index in [9.17, 15) is 14.0 Å². The van der Waals surface area contributed by atoms with Gasteiger partial charge >= 0.3 is 0 Å². The van der Waals surface area contributed by atoms with Crippen LogP contribution in [0.5, 0.6) is 11.5 Å². The topological polar surface area (TPSA) is 59.1 Å². The monoisotopic (exact) mass is 386 g/mol. The van der Waals surface area contributed by atoms with E-state index in [-0.39, 0.29) is 17.3 Å². The van der Waals surface area contributed by atoms with Crippen LogP contribution in [0.15, 0.2) is 36.4 Å². The molecule has 6 nitrogen and oxygen atoms in total. The Bertz CT molecular complexity index is 892. The normalized spacial score (nSPS) is 14.0. The van der Waals surface area contributed by atoms with Gasteiger partial charge in [-0.3, -0.25) is 9.59 Å². The van der Waals surface area contributed by atoms with Gasteiger partial charge in [0.1, 0.15) is 17.3 Å². The molecule has 28 heavy (non-hydrogen) atoms. The predicted molar refractivity (Wildman–Crippen MR) is 104 cm³/mol. The summed E-state index contributed by atoms with van der Waals surface area (Å²) >= 11 is 0. The number of methoxy groups -OCH3 is 2. The van der Waals surface area contributed by atoms with Gasteiger partial charge in [0.25, 0.3) is 5.91 Å². The second kappa shape index (κ2) is 8.29. The van der Waals surface area contributed by atoms with Crippen molar-refractivity contribution in [3.63, 3.8) is 0 Å². The fourth-order valence-corrected chi connectivity index (χ4v) is 3.42. The summed E-state index contributed by atoms with van der Waals surface area (Å²) in [5.41, 5.74) is 1.13. The van der Waals surface area contributed by atoms with E-state index in [0.717, 1.165) is 0 Å². The summed E-state index contributed by atoms with van der Waals surface area (Å²) in [4.78, 5) is 28.4. The molecule has 2 aromatic rings. The molecule has 2 aromatic carbocycles. The Morgan fingerprint density at radius 1 is 1.00 bits per heavy atom. The Morgan fingerprint density at radius 3 is 2.32 bits per heavy atom. The summed E-state index contributed by atoms with van der Waals surface area (Å²) in [6.07, 6.45) is 0. The molecular formula is C21H23FN2O4. The van der Waals surface area contributed by atoms with Crippen LogP contribution in [-0.4, -0.2) is 57.0 Å². The molecule has 1 heterocycles. The third-order valence-electron chi connectivity index (χ3n) is 4.89. The van der Waals surface area contributed by atoms with E-state index in [1.165, 1.54) is 20.1 Å². The molecule has 7 heteroatoms. The number of carbonyl (C=O) groups excluding carboxylic acids is 2. The fraction of sp³-hybridized carbons (Fsp3) is 0.333. The highest BCUT2D eigenvalue weighted by Crippen LogP contribution is 2.28. The second-order valence-electron chi connectivity index (χ2n) is 6.54. The molecule has 1 aliphatic rings. The van der Waals surface area contributed by atoms with E-state index in [1.54, 1.807) is 42.3 Å². The van der Waals surface area contributed by atoms with Gasteiger partial charge in [-0.1, -0.05) is 6.07 Å². The minimum Gasteiger partial charge on any atom is -0.497 e. The lowest BCUT2D eigenvalue weighted by atomic mass is 10.1. The maximum atomic E-state index is 14.1. The molecule has 0 radical (unpaired) electrons. The maximum Gasteiger partial charge on any atom is 0.257 e. The summed E-state index contributed by atoms with van der Waals surface area (Å²) in [7, 11) is 3.06. The number of nitrogens with zero attached hydrogens (tertiary/aromatic N) is 2. The van der Waals surface area contributed by atoms with Crippen molar-refractivity contribution in [2.24, 2.45) is 0 Å². The Labute approximate surface area is 163 Å². The van der Waals surface area contributed by atoms with E-state index >= 15 is 0 Å². The molecule has 0 atom stereocenters. The van der Waals surface area contributed by atoms with Crippen LogP contribution >= 0.6 is 0 Å². The fourth-order valence-electron chi connectivity index (χ4n) is 3.42. The second-order valence-corrected chi connectivity index (χ2v) is 6.54. The summed E-state index contributed by atoms with van der Waals surface area (Å²) in [6, 6.07) is 9.71. The molecule has 0 aromatic heterocycles. The van der Waals surface area contributed by atoms with Gasteiger partial charge in [0.2, 0.25) is 0 Å². The zero-order valence-electron chi connectivity index (χ0n) is 16.2. The van der Waals surface area contributed by atoms with Crippen LogP contribution < -0.4 is 14.4 Å². The van der Waals surface area contributed by atoms with Gasteiger partial charge in [-0.25, -0.2) is 4.39 Å². The summed E-state index contributed by atoms with van der Waals surface area (Å²) in [5.74, 6) is 0.100. The number of benzene rings is 2. The van der Waals surface area contributed by atoms with E-state index in [2.05, 4.69) is 0 Å². The van der Waals surface area contributed by atoms with Crippen molar-refractivity contribution >= 4 is 17.4 Å². The van der Waals surface area contributed by atoms with Gasteiger partial charge in [-0.2, -0.15) is 0 Å². The molecule has 148 valence electrons. The smallest absolute Gasteiger partial charge is 0.257 e. The molecule has 0 saturated carbocycles. The molecule has 0 unspecified atom stereocenters. The van der Waals surface area contributed by atoms with E-state index < -0.39 is 5.82 Å². The first kappa shape index (κ1) is 19.7. The van der Waals surface area contributed by atoms with Crippen LogP contribution in [0.1, 0.15) is 27.6 Å². The molecule has 0 spiro atoms. The first-order valence-corrected chi connectivity index (χ1v) is 9.02. The average molecular weight is 386 g/mol. The average Bonchev–Trinajstić information content (AvgIpc) is 2.72.